The summed E-state index contributed by atoms with van der Waals surface area (Å²) >= 11 is 6.23. The molecule has 1 aromatic carbocycles. The van der Waals surface area contributed by atoms with E-state index in [1.165, 1.54) is 11.1 Å². The van der Waals surface area contributed by atoms with Crippen LogP contribution in [0.25, 0.3) is 0 Å². The largest absolute Gasteiger partial charge is 0.461 e. The zero-order valence-corrected chi connectivity index (χ0v) is 16.6. The molecule has 150 valence electrons. The van der Waals surface area contributed by atoms with E-state index in [4.69, 9.17) is 16.3 Å². The van der Waals surface area contributed by atoms with E-state index in [2.05, 4.69) is 20.5 Å². The van der Waals surface area contributed by atoms with Crippen molar-refractivity contribution in [3.05, 3.63) is 40.5 Å². The highest BCUT2D eigenvalue weighted by Crippen LogP contribution is 2.20. The lowest BCUT2D eigenvalue weighted by Gasteiger charge is -2.25. The van der Waals surface area contributed by atoms with Gasteiger partial charge in [-0.25, -0.2) is 9.48 Å². The number of anilines is 1. The van der Waals surface area contributed by atoms with Crippen molar-refractivity contribution in [2.75, 3.05) is 31.6 Å². The third-order valence-electron chi connectivity index (χ3n) is 4.56. The van der Waals surface area contributed by atoms with Gasteiger partial charge in [0.1, 0.15) is 0 Å². The quantitative estimate of drug-likeness (QED) is 0.712. The lowest BCUT2D eigenvalue weighted by molar-refractivity contribution is -0.117. The zero-order chi connectivity index (χ0) is 19.9. The molecule has 1 N–H and O–H groups in total. The minimum Gasteiger partial charge on any atom is -0.461 e. The van der Waals surface area contributed by atoms with Gasteiger partial charge < -0.3 is 10.1 Å². The Bertz CT molecular complexity index is 833. The van der Waals surface area contributed by atoms with E-state index in [-0.39, 0.29) is 37.1 Å². The number of halogens is 1. The number of nitrogens with one attached hydrogen (secondary N) is 1. The lowest BCUT2D eigenvalue weighted by Crippen LogP contribution is -2.37. The number of hydrogen-bond donors (Lipinski definition) is 1. The number of amides is 1. The lowest BCUT2D eigenvalue weighted by atomic mass is 10.1. The topological polar surface area (TPSA) is 89.3 Å². The molecule has 8 nitrogen and oxygen atoms in total. The van der Waals surface area contributed by atoms with E-state index in [1.54, 1.807) is 13.0 Å². The molecule has 0 atom stereocenters. The van der Waals surface area contributed by atoms with E-state index in [0.717, 1.165) is 31.5 Å². The minimum absolute atomic E-state index is 0.0131. The Morgan fingerprint density at radius 2 is 1.96 bits per heavy atom. The Morgan fingerprint density at radius 3 is 2.68 bits per heavy atom. The Hall–Kier alpha value is -2.45. The second-order valence-corrected chi connectivity index (χ2v) is 7.05. The van der Waals surface area contributed by atoms with Crippen LogP contribution in [-0.2, 0) is 16.1 Å². The maximum absolute atomic E-state index is 12.6. The smallest absolute Gasteiger partial charge is 0.362 e. The average molecular weight is 406 g/mol. The number of hydrogen-bond acceptors (Lipinski definition) is 6. The molecule has 3 rings (SSSR count). The first-order valence-corrected chi connectivity index (χ1v) is 9.82. The summed E-state index contributed by atoms with van der Waals surface area (Å²) < 4.78 is 6.50. The molecular formula is C19H24ClN5O3. The van der Waals surface area contributed by atoms with Crippen LogP contribution in [0.2, 0.25) is 5.02 Å². The van der Waals surface area contributed by atoms with Crippen molar-refractivity contribution in [1.82, 2.24) is 19.9 Å². The van der Waals surface area contributed by atoms with Crippen molar-refractivity contribution in [2.45, 2.75) is 32.7 Å². The van der Waals surface area contributed by atoms with Gasteiger partial charge in [0.15, 0.2) is 5.82 Å². The molecular weight excluding hydrogens is 382 g/mol. The summed E-state index contributed by atoms with van der Waals surface area (Å²) in [6.07, 6.45) is 3.38. The van der Waals surface area contributed by atoms with Crippen LogP contribution in [0.1, 0.15) is 42.2 Å². The number of piperidine rings is 1. The van der Waals surface area contributed by atoms with E-state index < -0.39 is 5.97 Å². The number of aromatic nitrogens is 3. The van der Waals surface area contributed by atoms with Crippen molar-refractivity contribution in [2.24, 2.45) is 0 Å². The SMILES string of the molecule is CCOC(=O)c1nnn(Cc2ccccc2Cl)c1NC(=O)CN1CCCCC1. The van der Waals surface area contributed by atoms with Gasteiger partial charge in [-0.05, 0) is 44.5 Å². The second-order valence-electron chi connectivity index (χ2n) is 6.64. The fraction of sp³-hybridized carbons (Fsp3) is 0.474. The molecule has 2 aromatic rings. The van der Waals surface area contributed by atoms with Gasteiger partial charge in [0.2, 0.25) is 11.6 Å². The van der Waals surface area contributed by atoms with E-state index in [9.17, 15) is 9.59 Å². The zero-order valence-electron chi connectivity index (χ0n) is 15.9. The van der Waals surface area contributed by atoms with Gasteiger partial charge in [-0.1, -0.05) is 41.4 Å². The molecule has 2 heterocycles. The van der Waals surface area contributed by atoms with Gasteiger partial charge in [0.05, 0.1) is 19.7 Å². The van der Waals surface area contributed by atoms with Crippen LogP contribution in [-0.4, -0.2) is 58.0 Å². The van der Waals surface area contributed by atoms with E-state index in [1.807, 2.05) is 18.2 Å². The van der Waals surface area contributed by atoms with Crippen LogP contribution in [0.4, 0.5) is 5.82 Å². The molecule has 28 heavy (non-hydrogen) atoms. The number of esters is 1. The Labute approximate surface area is 168 Å². The van der Waals surface area contributed by atoms with Gasteiger partial charge in [0.25, 0.3) is 0 Å². The summed E-state index contributed by atoms with van der Waals surface area (Å²) in [6, 6.07) is 7.32. The van der Waals surface area contributed by atoms with Crippen LogP contribution in [0.3, 0.4) is 0 Å². The maximum atomic E-state index is 12.6. The minimum atomic E-state index is -0.624. The number of nitrogens with zero attached hydrogens (tertiary/aromatic N) is 4. The molecule has 0 bridgehead atoms. The third-order valence-corrected chi connectivity index (χ3v) is 4.92. The fourth-order valence-corrected chi connectivity index (χ4v) is 3.36. The molecule has 1 aliphatic rings. The van der Waals surface area contributed by atoms with Crippen LogP contribution in [0.5, 0.6) is 0 Å². The summed E-state index contributed by atoms with van der Waals surface area (Å²) in [5.74, 6) is -0.614. The first-order chi connectivity index (χ1) is 13.6. The number of carbonyl (C=O) groups is 2. The molecule has 0 saturated carbocycles. The predicted molar refractivity (Wildman–Crippen MR) is 105 cm³/mol. The molecule has 0 aliphatic carbocycles. The molecule has 1 aromatic heterocycles. The van der Waals surface area contributed by atoms with Crippen molar-refractivity contribution in [1.29, 1.82) is 0 Å². The monoisotopic (exact) mass is 405 g/mol. The van der Waals surface area contributed by atoms with Crippen molar-refractivity contribution in [3.8, 4) is 0 Å². The molecule has 0 spiro atoms. The second kappa shape index (κ2) is 9.66. The summed E-state index contributed by atoms with van der Waals surface area (Å²) in [6.45, 7) is 4.24. The fourth-order valence-electron chi connectivity index (χ4n) is 3.16. The summed E-state index contributed by atoms with van der Waals surface area (Å²) in [5, 5.41) is 11.3. The number of benzene rings is 1. The maximum Gasteiger partial charge on any atom is 0.362 e. The first kappa shape index (κ1) is 20.3. The van der Waals surface area contributed by atoms with Crippen molar-refractivity contribution < 1.29 is 14.3 Å². The van der Waals surface area contributed by atoms with Crippen LogP contribution in [0, 0.1) is 0 Å². The Morgan fingerprint density at radius 1 is 1.21 bits per heavy atom. The summed E-state index contributed by atoms with van der Waals surface area (Å²) in [4.78, 5) is 26.9. The molecule has 0 unspecified atom stereocenters. The molecule has 9 heteroatoms. The molecule has 0 radical (unpaired) electrons. The molecule has 1 amide bonds. The summed E-state index contributed by atoms with van der Waals surface area (Å²) in [5.41, 5.74) is 0.789. The van der Waals surface area contributed by atoms with Gasteiger partial charge in [-0.15, -0.1) is 5.10 Å². The van der Waals surface area contributed by atoms with E-state index >= 15 is 0 Å². The predicted octanol–water partition coefficient (Wildman–Crippen LogP) is 2.58. The number of carbonyl (C=O) groups excluding carboxylic acids is 2. The highest BCUT2D eigenvalue weighted by Gasteiger charge is 2.24. The van der Waals surface area contributed by atoms with Gasteiger partial charge >= 0.3 is 5.97 Å². The highest BCUT2D eigenvalue weighted by molar-refractivity contribution is 6.31. The van der Waals surface area contributed by atoms with E-state index in [0.29, 0.717) is 5.02 Å². The molecule has 1 fully saturated rings. The Balaban J connectivity index is 1.80. The van der Waals surface area contributed by atoms with Gasteiger partial charge in [-0.3, -0.25) is 9.69 Å². The third kappa shape index (κ3) is 5.08. The van der Waals surface area contributed by atoms with Crippen LogP contribution in [0.15, 0.2) is 24.3 Å². The number of ether oxygens (including phenoxy) is 1. The van der Waals surface area contributed by atoms with Gasteiger partial charge in [-0.2, -0.15) is 0 Å². The number of likely N-dealkylation sites (tertiary alicyclic amines) is 1. The van der Waals surface area contributed by atoms with Crippen LogP contribution >= 0.6 is 11.6 Å². The normalized spacial score (nSPS) is 14.6. The van der Waals surface area contributed by atoms with Crippen molar-refractivity contribution in [3.63, 3.8) is 0 Å². The first-order valence-electron chi connectivity index (χ1n) is 9.44. The van der Waals surface area contributed by atoms with Gasteiger partial charge in [0, 0.05) is 5.02 Å². The van der Waals surface area contributed by atoms with Crippen LogP contribution < -0.4 is 5.32 Å². The standard InChI is InChI=1S/C19H24ClN5O3/c1-2-28-19(27)17-18(21-16(26)13-24-10-6-3-7-11-24)25(23-22-17)12-14-8-4-5-9-15(14)20/h4-5,8-9H,2-3,6-7,10-13H2,1H3,(H,21,26). The Kier molecular flexibility index (Phi) is 7.00. The number of rotatable bonds is 7. The summed E-state index contributed by atoms with van der Waals surface area (Å²) in [7, 11) is 0. The molecule has 1 aliphatic heterocycles. The highest BCUT2D eigenvalue weighted by atomic mass is 35.5. The average Bonchev–Trinajstić information content (AvgIpc) is 3.07. The van der Waals surface area contributed by atoms with Crippen molar-refractivity contribution >= 4 is 29.3 Å². The molecule has 1 saturated heterocycles.